The van der Waals surface area contributed by atoms with Crippen LogP contribution in [0.4, 0.5) is 24.8 Å². The Morgan fingerprint density at radius 2 is 2.16 bits per heavy atom. The van der Waals surface area contributed by atoms with Crippen molar-refractivity contribution in [2.75, 3.05) is 30.3 Å². The fraction of sp³-hybridized carbons (Fsp3) is 0.636. The molecule has 1 fully saturated rings. The van der Waals surface area contributed by atoms with Crippen molar-refractivity contribution in [2.24, 2.45) is 5.92 Å². The number of rotatable bonds is 2. The second kappa shape index (κ2) is 5.20. The molecule has 2 rings (SSSR count). The summed E-state index contributed by atoms with van der Waals surface area (Å²) in [6.45, 7) is 1.09. The molecule has 1 atom stereocenters. The third-order valence-electron chi connectivity index (χ3n) is 3.09. The van der Waals surface area contributed by atoms with Gasteiger partial charge in [-0.25, -0.2) is 9.97 Å². The Kier molecular flexibility index (Phi) is 3.79. The highest BCUT2D eigenvalue weighted by atomic mass is 19.4. The first kappa shape index (κ1) is 13.9. The summed E-state index contributed by atoms with van der Waals surface area (Å²) in [7, 11) is 0. The van der Waals surface area contributed by atoms with Crippen LogP contribution < -0.4 is 10.6 Å². The van der Waals surface area contributed by atoms with E-state index < -0.39 is 12.0 Å². The van der Waals surface area contributed by atoms with E-state index in [1.165, 1.54) is 6.07 Å². The Labute approximate surface area is 108 Å². The van der Waals surface area contributed by atoms with E-state index in [1.54, 1.807) is 4.90 Å². The number of aliphatic hydroxyl groups excluding tert-OH is 1. The summed E-state index contributed by atoms with van der Waals surface area (Å²) in [5, 5.41) is 9.13. The van der Waals surface area contributed by atoms with Crippen molar-refractivity contribution in [1.82, 2.24) is 9.97 Å². The fourth-order valence-corrected chi connectivity index (χ4v) is 2.16. The zero-order chi connectivity index (χ0) is 14.0. The molecular weight excluding hydrogens is 261 g/mol. The van der Waals surface area contributed by atoms with E-state index in [0.29, 0.717) is 13.1 Å². The average Bonchev–Trinajstić information content (AvgIpc) is 2.37. The third kappa shape index (κ3) is 3.25. The van der Waals surface area contributed by atoms with E-state index in [9.17, 15) is 13.2 Å². The van der Waals surface area contributed by atoms with Crippen LogP contribution in [0.5, 0.6) is 0 Å². The van der Waals surface area contributed by atoms with E-state index >= 15 is 0 Å². The third-order valence-corrected chi connectivity index (χ3v) is 3.09. The predicted molar refractivity (Wildman–Crippen MR) is 63.5 cm³/mol. The Hall–Kier alpha value is -1.57. The normalized spacial score (nSPS) is 20.6. The standard InChI is InChI=1S/C11H15F3N4O/c12-11(13,14)10-16-8(15)4-9(17-10)18-3-1-2-7(5-18)6-19/h4,7,19H,1-3,5-6H2,(H2,15,16,17). The molecule has 0 amide bonds. The monoisotopic (exact) mass is 276 g/mol. The molecule has 3 N–H and O–H groups in total. The molecule has 1 aromatic rings. The summed E-state index contributed by atoms with van der Waals surface area (Å²) >= 11 is 0. The molecule has 0 radical (unpaired) electrons. The van der Waals surface area contributed by atoms with E-state index in [2.05, 4.69) is 9.97 Å². The van der Waals surface area contributed by atoms with Crippen molar-refractivity contribution in [1.29, 1.82) is 0 Å². The van der Waals surface area contributed by atoms with Gasteiger partial charge in [-0.2, -0.15) is 13.2 Å². The number of anilines is 2. The molecule has 1 aliphatic heterocycles. The molecule has 106 valence electrons. The number of nitrogens with two attached hydrogens (primary N) is 1. The summed E-state index contributed by atoms with van der Waals surface area (Å²) in [5.74, 6) is -1.21. The highest BCUT2D eigenvalue weighted by Gasteiger charge is 2.36. The van der Waals surface area contributed by atoms with Crippen LogP contribution in [0.3, 0.4) is 0 Å². The molecule has 0 aromatic carbocycles. The van der Waals surface area contributed by atoms with Gasteiger partial charge in [0.05, 0.1) is 0 Å². The Morgan fingerprint density at radius 1 is 1.42 bits per heavy atom. The molecular formula is C11H15F3N4O. The number of aliphatic hydroxyl groups is 1. The topological polar surface area (TPSA) is 75.3 Å². The first-order valence-electron chi connectivity index (χ1n) is 5.97. The van der Waals surface area contributed by atoms with Crippen LogP contribution in [0, 0.1) is 5.92 Å². The fourth-order valence-electron chi connectivity index (χ4n) is 2.16. The van der Waals surface area contributed by atoms with Crippen LogP contribution in [0.15, 0.2) is 6.07 Å². The summed E-state index contributed by atoms with van der Waals surface area (Å²) in [4.78, 5) is 8.44. The summed E-state index contributed by atoms with van der Waals surface area (Å²) in [6.07, 6.45) is -2.95. The molecule has 19 heavy (non-hydrogen) atoms. The minimum absolute atomic E-state index is 0.0171. The van der Waals surface area contributed by atoms with E-state index in [1.807, 2.05) is 0 Å². The molecule has 0 bridgehead atoms. The maximum atomic E-state index is 12.6. The molecule has 1 saturated heterocycles. The largest absolute Gasteiger partial charge is 0.451 e. The summed E-state index contributed by atoms with van der Waals surface area (Å²) in [5.41, 5.74) is 5.40. The summed E-state index contributed by atoms with van der Waals surface area (Å²) in [6, 6.07) is 1.33. The second-order valence-electron chi connectivity index (χ2n) is 4.61. The minimum Gasteiger partial charge on any atom is -0.396 e. The van der Waals surface area contributed by atoms with Gasteiger partial charge in [0.2, 0.25) is 5.82 Å². The predicted octanol–water partition coefficient (Wildman–Crippen LogP) is 1.29. The van der Waals surface area contributed by atoms with Gasteiger partial charge >= 0.3 is 6.18 Å². The van der Waals surface area contributed by atoms with E-state index in [0.717, 1.165) is 12.8 Å². The zero-order valence-corrected chi connectivity index (χ0v) is 10.2. The Bertz CT molecular complexity index is 452. The molecule has 0 aliphatic carbocycles. The van der Waals surface area contributed by atoms with Gasteiger partial charge in [-0.3, -0.25) is 0 Å². The van der Waals surface area contributed by atoms with Gasteiger partial charge in [-0.05, 0) is 18.8 Å². The lowest BCUT2D eigenvalue weighted by Gasteiger charge is -2.32. The minimum atomic E-state index is -4.61. The van der Waals surface area contributed by atoms with Crippen molar-refractivity contribution in [3.05, 3.63) is 11.9 Å². The first-order valence-corrected chi connectivity index (χ1v) is 5.97. The van der Waals surface area contributed by atoms with Gasteiger partial charge in [0.1, 0.15) is 11.6 Å². The van der Waals surface area contributed by atoms with Crippen molar-refractivity contribution in [3.63, 3.8) is 0 Å². The van der Waals surface area contributed by atoms with Crippen LogP contribution >= 0.6 is 0 Å². The number of piperidine rings is 1. The molecule has 1 aromatic heterocycles. The number of nitrogen functional groups attached to an aromatic ring is 1. The Balaban J connectivity index is 2.26. The lowest BCUT2D eigenvalue weighted by molar-refractivity contribution is -0.144. The van der Waals surface area contributed by atoms with Gasteiger partial charge < -0.3 is 15.7 Å². The van der Waals surface area contributed by atoms with Crippen LogP contribution in [0.25, 0.3) is 0 Å². The maximum Gasteiger partial charge on any atom is 0.451 e. The van der Waals surface area contributed by atoms with Crippen molar-refractivity contribution in [2.45, 2.75) is 19.0 Å². The summed E-state index contributed by atoms with van der Waals surface area (Å²) < 4.78 is 37.9. The Morgan fingerprint density at radius 3 is 2.79 bits per heavy atom. The zero-order valence-electron chi connectivity index (χ0n) is 10.2. The van der Waals surface area contributed by atoms with Gasteiger partial charge in [-0.15, -0.1) is 0 Å². The van der Waals surface area contributed by atoms with E-state index in [-0.39, 0.29) is 24.2 Å². The lowest BCUT2D eigenvalue weighted by atomic mass is 9.99. The second-order valence-corrected chi connectivity index (χ2v) is 4.61. The lowest BCUT2D eigenvalue weighted by Crippen LogP contribution is -2.37. The molecule has 0 saturated carbocycles. The van der Waals surface area contributed by atoms with Gasteiger partial charge in [0.25, 0.3) is 0 Å². The van der Waals surface area contributed by atoms with E-state index in [4.69, 9.17) is 10.8 Å². The van der Waals surface area contributed by atoms with Gasteiger partial charge in [-0.1, -0.05) is 0 Å². The van der Waals surface area contributed by atoms with Crippen molar-refractivity contribution >= 4 is 11.6 Å². The molecule has 1 aliphatic rings. The quantitative estimate of drug-likeness (QED) is 0.851. The number of aromatic nitrogens is 2. The SMILES string of the molecule is Nc1cc(N2CCCC(CO)C2)nc(C(F)(F)F)n1. The van der Waals surface area contributed by atoms with Crippen LogP contribution in [0.2, 0.25) is 0 Å². The van der Waals surface area contributed by atoms with Crippen LogP contribution in [0.1, 0.15) is 18.7 Å². The highest BCUT2D eigenvalue weighted by molar-refractivity contribution is 5.47. The van der Waals surface area contributed by atoms with Crippen molar-refractivity contribution < 1.29 is 18.3 Å². The molecule has 2 heterocycles. The molecule has 0 spiro atoms. The van der Waals surface area contributed by atoms with Gasteiger partial charge in [0, 0.05) is 25.8 Å². The average molecular weight is 276 g/mol. The molecule has 5 nitrogen and oxygen atoms in total. The first-order chi connectivity index (χ1) is 8.90. The molecule has 1 unspecified atom stereocenters. The number of hydrogen-bond donors (Lipinski definition) is 2. The van der Waals surface area contributed by atoms with Crippen molar-refractivity contribution in [3.8, 4) is 0 Å². The van der Waals surface area contributed by atoms with Crippen LogP contribution in [-0.4, -0.2) is 34.8 Å². The molecule has 8 heteroatoms. The highest BCUT2D eigenvalue weighted by Crippen LogP contribution is 2.29. The smallest absolute Gasteiger partial charge is 0.396 e. The van der Waals surface area contributed by atoms with Gasteiger partial charge in [0.15, 0.2) is 0 Å². The maximum absolute atomic E-state index is 12.6. The number of nitrogens with zero attached hydrogens (tertiary/aromatic N) is 3. The number of alkyl halides is 3. The number of hydrogen-bond acceptors (Lipinski definition) is 5. The number of halogens is 3. The van der Waals surface area contributed by atoms with Crippen LogP contribution in [-0.2, 0) is 6.18 Å².